The number of rotatable bonds is 20. The number of amides is 4. The van der Waals surface area contributed by atoms with Gasteiger partial charge >= 0.3 is 12.0 Å². The van der Waals surface area contributed by atoms with Crippen LogP contribution in [0.2, 0.25) is 0 Å². The lowest BCUT2D eigenvalue weighted by Crippen LogP contribution is -2.57. The predicted octanol–water partition coefficient (Wildman–Crippen LogP) is 3.83. The van der Waals surface area contributed by atoms with E-state index in [9.17, 15) is 32.7 Å². The molecule has 1 saturated carbocycles. The van der Waals surface area contributed by atoms with E-state index in [1.807, 2.05) is 51.1 Å². The average molecular weight is 824 g/mol. The molecule has 0 radical (unpaired) electrons. The number of hydrogen-bond donors (Lipinski definition) is 3. The summed E-state index contributed by atoms with van der Waals surface area (Å²) in [7, 11) is -4.15. The van der Waals surface area contributed by atoms with Crippen molar-refractivity contribution in [3.8, 4) is 0 Å². The SMILES string of the molecule is CCC(C)[C@@H](C(=O)N[C@@H](Cc1ccccc1)[C@H](O)CN(CC1CCCC1)S(=O)(=O)c1ccc(/C=N/OC(=O)CCN)cc1)N1CC(=O)N(Cc2csc(C)n2)C1=O. The lowest BCUT2D eigenvalue weighted by Gasteiger charge is -2.34. The molecule has 1 aromatic heterocycles. The third-order valence-corrected chi connectivity index (χ3v) is 13.2. The first-order chi connectivity index (χ1) is 27.3. The average Bonchev–Trinajstić information content (AvgIpc) is 3.93. The number of nitrogens with one attached hydrogen (secondary N) is 1. The highest BCUT2D eigenvalue weighted by atomic mass is 32.2. The molecule has 2 aromatic carbocycles. The Morgan fingerprint density at radius 1 is 1.14 bits per heavy atom. The highest BCUT2D eigenvalue weighted by molar-refractivity contribution is 7.89. The number of thiazole rings is 1. The fourth-order valence-electron chi connectivity index (χ4n) is 7.20. The molecule has 1 aliphatic carbocycles. The van der Waals surface area contributed by atoms with Gasteiger partial charge in [0.1, 0.15) is 12.6 Å². The van der Waals surface area contributed by atoms with E-state index in [4.69, 9.17) is 10.6 Å². The summed E-state index contributed by atoms with van der Waals surface area (Å²) in [5.41, 5.74) is 7.24. The number of nitrogens with zero attached hydrogens (tertiary/aromatic N) is 5. The largest absolute Gasteiger partial charge is 0.390 e. The number of oxime groups is 1. The number of benzene rings is 2. The summed E-state index contributed by atoms with van der Waals surface area (Å²) >= 11 is 1.41. The number of aryl methyl sites for hydroxylation is 1. The number of carbonyl (C=O) groups is 4. The monoisotopic (exact) mass is 823 g/mol. The summed E-state index contributed by atoms with van der Waals surface area (Å²) in [6.45, 7) is 5.26. The van der Waals surface area contributed by atoms with Crippen molar-refractivity contribution in [1.82, 2.24) is 24.4 Å². The second kappa shape index (κ2) is 20.2. The van der Waals surface area contributed by atoms with Crippen LogP contribution in [0.4, 0.5) is 4.79 Å². The zero-order chi connectivity index (χ0) is 41.1. The van der Waals surface area contributed by atoms with Gasteiger partial charge in [0.15, 0.2) is 0 Å². The van der Waals surface area contributed by atoms with E-state index in [1.54, 1.807) is 5.38 Å². The molecule has 2 aliphatic rings. The van der Waals surface area contributed by atoms with Crippen LogP contribution in [0.1, 0.15) is 74.2 Å². The Balaban J connectivity index is 1.38. The minimum absolute atomic E-state index is 0.0000299. The Morgan fingerprint density at radius 3 is 2.47 bits per heavy atom. The molecular weight excluding hydrogens is 771 g/mol. The summed E-state index contributed by atoms with van der Waals surface area (Å²) in [6.07, 6.45) is 4.29. The van der Waals surface area contributed by atoms with Gasteiger partial charge < -0.3 is 25.9 Å². The molecule has 3 aromatic rings. The Morgan fingerprint density at radius 2 is 1.84 bits per heavy atom. The molecule has 308 valence electrons. The minimum Gasteiger partial charge on any atom is -0.390 e. The van der Waals surface area contributed by atoms with Gasteiger partial charge in [0, 0.05) is 25.0 Å². The smallest absolute Gasteiger partial charge is 0.336 e. The molecule has 5 rings (SSSR count). The molecule has 1 unspecified atom stereocenters. The highest BCUT2D eigenvalue weighted by Gasteiger charge is 2.45. The van der Waals surface area contributed by atoms with Crippen molar-refractivity contribution >= 4 is 51.4 Å². The molecule has 4 amide bonds. The highest BCUT2D eigenvalue weighted by Crippen LogP contribution is 2.29. The summed E-state index contributed by atoms with van der Waals surface area (Å²) in [6, 6.07) is 12.6. The number of nitrogens with two attached hydrogens (primary N) is 1. The van der Waals surface area contributed by atoms with Crippen LogP contribution >= 0.6 is 11.3 Å². The van der Waals surface area contributed by atoms with Gasteiger partial charge in [-0.25, -0.2) is 23.0 Å². The van der Waals surface area contributed by atoms with E-state index in [0.29, 0.717) is 17.7 Å². The third kappa shape index (κ3) is 11.5. The molecule has 4 atom stereocenters. The number of aliphatic hydroxyl groups is 1. The van der Waals surface area contributed by atoms with Gasteiger partial charge in [-0.2, -0.15) is 4.31 Å². The zero-order valence-electron chi connectivity index (χ0n) is 32.7. The van der Waals surface area contributed by atoms with Crippen molar-refractivity contribution < 1.29 is 37.5 Å². The number of urea groups is 1. The van der Waals surface area contributed by atoms with Gasteiger partial charge in [0.2, 0.25) is 15.9 Å². The fraction of sp³-hybridized carbons (Fsp3) is 0.500. The van der Waals surface area contributed by atoms with Crippen molar-refractivity contribution in [1.29, 1.82) is 0 Å². The lowest BCUT2D eigenvalue weighted by molar-refractivity contribution is -0.143. The van der Waals surface area contributed by atoms with Crippen LogP contribution in [-0.2, 0) is 42.2 Å². The summed E-state index contributed by atoms with van der Waals surface area (Å²) < 4.78 is 29.9. The van der Waals surface area contributed by atoms with Gasteiger partial charge in [-0.1, -0.05) is 80.7 Å². The molecule has 17 heteroatoms. The summed E-state index contributed by atoms with van der Waals surface area (Å²) in [4.78, 5) is 64.5. The van der Waals surface area contributed by atoms with Crippen LogP contribution in [0.3, 0.4) is 0 Å². The molecule has 0 bridgehead atoms. The molecule has 4 N–H and O–H groups in total. The van der Waals surface area contributed by atoms with Gasteiger partial charge in [0.25, 0.3) is 5.91 Å². The number of sulfonamides is 1. The van der Waals surface area contributed by atoms with Crippen LogP contribution < -0.4 is 11.1 Å². The van der Waals surface area contributed by atoms with E-state index >= 15 is 0 Å². The molecule has 2 fully saturated rings. The van der Waals surface area contributed by atoms with E-state index in [1.165, 1.54) is 51.0 Å². The van der Waals surface area contributed by atoms with Crippen molar-refractivity contribution in [3.05, 3.63) is 81.8 Å². The first-order valence-corrected chi connectivity index (χ1v) is 21.7. The number of carbonyl (C=O) groups excluding carboxylic acids is 4. The predicted molar refractivity (Wildman–Crippen MR) is 215 cm³/mol. The number of hydrogen-bond acceptors (Lipinski definition) is 12. The van der Waals surface area contributed by atoms with Gasteiger partial charge in [-0.3, -0.25) is 14.5 Å². The van der Waals surface area contributed by atoms with Gasteiger partial charge in [0.05, 0.1) is 46.9 Å². The fourth-order valence-corrected chi connectivity index (χ4v) is 9.34. The Kier molecular flexibility index (Phi) is 15.5. The molecule has 15 nitrogen and oxygen atoms in total. The molecule has 0 spiro atoms. The maximum Gasteiger partial charge on any atom is 0.336 e. The first kappa shape index (κ1) is 43.6. The van der Waals surface area contributed by atoms with Crippen LogP contribution in [0.5, 0.6) is 0 Å². The van der Waals surface area contributed by atoms with Gasteiger partial charge in [-0.15, -0.1) is 11.3 Å². The minimum atomic E-state index is -4.15. The molecule has 1 saturated heterocycles. The van der Waals surface area contributed by atoms with E-state index in [-0.39, 0.29) is 62.3 Å². The number of aromatic nitrogens is 1. The first-order valence-electron chi connectivity index (χ1n) is 19.4. The summed E-state index contributed by atoms with van der Waals surface area (Å²) in [5.74, 6) is -1.84. The second-order valence-electron chi connectivity index (χ2n) is 14.7. The van der Waals surface area contributed by atoms with Gasteiger partial charge in [-0.05, 0) is 61.3 Å². The van der Waals surface area contributed by atoms with Crippen molar-refractivity contribution in [3.63, 3.8) is 0 Å². The van der Waals surface area contributed by atoms with E-state index in [0.717, 1.165) is 41.2 Å². The van der Waals surface area contributed by atoms with Crippen molar-refractivity contribution in [2.24, 2.45) is 22.7 Å². The third-order valence-electron chi connectivity index (χ3n) is 10.5. The molecule has 1 aliphatic heterocycles. The Bertz CT molecular complexity index is 1970. The van der Waals surface area contributed by atoms with Crippen molar-refractivity contribution in [2.75, 3.05) is 26.2 Å². The molecule has 57 heavy (non-hydrogen) atoms. The number of aliphatic hydroxyl groups excluding tert-OH is 1. The van der Waals surface area contributed by atoms with Crippen LogP contribution in [0.25, 0.3) is 0 Å². The standard InChI is InChI=1S/C40H53N7O8S2/c1-4-27(2)38(47-25-36(49)46(40(47)52)23-32-26-56-28(3)43-32)39(51)44-34(20-29-10-6-5-7-11-29)35(48)24-45(22-31-12-8-9-13-31)57(53,54)33-16-14-30(15-17-33)21-42-55-37(50)18-19-41/h5-7,10-11,14-17,21,26-27,31,34-35,38,48H,4,8-9,12-13,18-20,22-25,41H2,1-3H3,(H,44,51)/b42-21+/t27?,34-,35+,38-/m0/s1. The lowest BCUT2D eigenvalue weighted by atomic mass is 9.95. The number of imide groups is 1. The van der Waals surface area contributed by atoms with Crippen LogP contribution in [0, 0.1) is 18.8 Å². The second-order valence-corrected chi connectivity index (χ2v) is 17.7. The molecular formula is C40H53N7O8S2. The summed E-state index contributed by atoms with van der Waals surface area (Å²) in [5, 5.41) is 21.2. The quantitative estimate of drug-likeness (QED) is 0.0650. The topological polar surface area (TPSA) is 205 Å². The van der Waals surface area contributed by atoms with E-state index < -0.39 is 52.0 Å². The maximum atomic E-state index is 14.4. The normalized spacial score (nSPS) is 17.4. The Hall–Kier alpha value is -4.55. The van der Waals surface area contributed by atoms with Crippen LogP contribution in [-0.4, -0.2) is 107 Å². The van der Waals surface area contributed by atoms with E-state index in [2.05, 4.69) is 15.5 Å². The molecule has 2 heterocycles. The van der Waals surface area contributed by atoms with Crippen molar-refractivity contribution in [2.45, 2.75) is 95.3 Å². The van der Waals surface area contributed by atoms with Crippen LogP contribution in [0.15, 0.2) is 70.0 Å². The maximum absolute atomic E-state index is 14.4. The zero-order valence-corrected chi connectivity index (χ0v) is 34.3. The Labute approximate surface area is 338 Å².